The van der Waals surface area contributed by atoms with E-state index in [2.05, 4.69) is 31.3 Å². The van der Waals surface area contributed by atoms with Crippen LogP contribution < -0.4 is 10.1 Å². The van der Waals surface area contributed by atoms with Crippen molar-refractivity contribution in [3.05, 3.63) is 82.6 Å². The molecule has 4 aromatic rings. The smallest absolute Gasteiger partial charge is 0.251 e. The number of hydrogen-bond acceptors (Lipinski definition) is 5. The number of ether oxygens (including phenoxy) is 2. The summed E-state index contributed by atoms with van der Waals surface area (Å²) in [5.74, 6) is 0.539. The quantitative estimate of drug-likeness (QED) is 0.384. The van der Waals surface area contributed by atoms with E-state index in [9.17, 15) is 4.79 Å². The number of aromatic nitrogens is 3. The molecule has 31 heavy (non-hydrogen) atoms. The highest BCUT2D eigenvalue weighted by Gasteiger charge is 2.11. The van der Waals surface area contributed by atoms with Gasteiger partial charge in [-0.25, -0.2) is 9.50 Å². The van der Waals surface area contributed by atoms with Crippen LogP contribution in [0, 0.1) is 0 Å². The van der Waals surface area contributed by atoms with Gasteiger partial charge in [0.05, 0.1) is 18.5 Å². The second-order valence-corrected chi connectivity index (χ2v) is 7.77. The highest BCUT2D eigenvalue weighted by molar-refractivity contribution is 9.10. The third-order valence-corrected chi connectivity index (χ3v) is 5.09. The van der Waals surface area contributed by atoms with Crippen LogP contribution in [0.25, 0.3) is 16.9 Å². The van der Waals surface area contributed by atoms with Crippen LogP contribution >= 0.6 is 15.9 Å². The van der Waals surface area contributed by atoms with Crippen LogP contribution in [-0.2, 0) is 11.3 Å². The monoisotopic (exact) mass is 480 g/mol. The van der Waals surface area contributed by atoms with Crippen molar-refractivity contribution in [3.8, 4) is 17.0 Å². The molecule has 0 saturated carbocycles. The van der Waals surface area contributed by atoms with E-state index in [0.29, 0.717) is 31.1 Å². The van der Waals surface area contributed by atoms with E-state index >= 15 is 0 Å². The van der Waals surface area contributed by atoms with Crippen LogP contribution in [0.3, 0.4) is 0 Å². The normalized spacial score (nSPS) is 10.9. The lowest BCUT2D eigenvalue weighted by Crippen LogP contribution is -2.22. The Labute approximate surface area is 188 Å². The molecule has 0 bridgehead atoms. The van der Waals surface area contributed by atoms with Crippen LogP contribution in [0.4, 0.5) is 0 Å². The van der Waals surface area contributed by atoms with Gasteiger partial charge in [0.1, 0.15) is 12.4 Å². The number of methoxy groups -OCH3 is 1. The first kappa shape index (κ1) is 21.0. The van der Waals surface area contributed by atoms with Gasteiger partial charge in [0.15, 0.2) is 5.65 Å². The summed E-state index contributed by atoms with van der Waals surface area (Å²) < 4.78 is 13.5. The van der Waals surface area contributed by atoms with Gasteiger partial charge in [-0.1, -0.05) is 22.0 Å². The number of benzene rings is 2. The van der Waals surface area contributed by atoms with E-state index < -0.39 is 0 Å². The summed E-state index contributed by atoms with van der Waals surface area (Å²) in [5.41, 5.74) is 3.90. The largest absolute Gasteiger partial charge is 0.491 e. The fourth-order valence-corrected chi connectivity index (χ4v) is 3.52. The van der Waals surface area contributed by atoms with Crippen LogP contribution in [0.1, 0.15) is 15.9 Å². The van der Waals surface area contributed by atoms with E-state index in [0.717, 1.165) is 26.9 Å². The molecule has 0 aliphatic heterocycles. The predicted molar refractivity (Wildman–Crippen MR) is 121 cm³/mol. The molecule has 0 radical (unpaired) electrons. The van der Waals surface area contributed by atoms with Gasteiger partial charge in [-0.15, -0.1) is 0 Å². The highest BCUT2D eigenvalue weighted by atomic mass is 79.9. The number of amides is 1. The zero-order valence-electron chi connectivity index (χ0n) is 16.9. The van der Waals surface area contributed by atoms with Crippen molar-refractivity contribution < 1.29 is 14.3 Å². The summed E-state index contributed by atoms with van der Waals surface area (Å²) in [6.07, 6.45) is 3.58. The van der Waals surface area contributed by atoms with Crippen molar-refractivity contribution in [3.63, 3.8) is 0 Å². The molecule has 0 atom stereocenters. The fraction of sp³-hybridized carbons (Fsp3) is 0.174. The Morgan fingerprint density at radius 1 is 1.13 bits per heavy atom. The topological polar surface area (TPSA) is 77.8 Å². The molecule has 0 aliphatic rings. The van der Waals surface area contributed by atoms with Crippen LogP contribution in [0.2, 0.25) is 0 Å². The standard InChI is InChI=1S/C23H21BrN4O3/c1-30-8-9-31-20-11-16(14-25-23(29)17-4-2-5-19(24)12-17)10-18(13-20)21-15-28-22(27-21)6-3-7-26-28/h2-7,10-13,15H,8-9,14H2,1H3,(H,25,29). The summed E-state index contributed by atoms with van der Waals surface area (Å²) in [4.78, 5) is 17.2. The molecular weight excluding hydrogens is 460 g/mol. The lowest BCUT2D eigenvalue weighted by atomic mass is 10.1. The third-order valence-electron chi connectivity index (χ3n) is 4.59. The van der Waals surface area contributed by atoms with Crippen molar-refractivity contribution in [1.29, 1.82) is 0 Å². The minimum atomic E-state index is -0.148. The second-order valence-electron chi connectivity index (χ2n) is 6.85. The maximum absolute atomic E-state index is 12.5. The Kier molecular flexibility index (Phi) is 6.59. The minimum absolute atomic E-state index is 0.148. The molecule has 0 fully saturated rings. The molecule has 1 N–H and O–H groups in total. The van der Waals surface area contributed by atoms with Gasteiger partial charge in [-0.2, -0.15) is 5.10 Å². The summed E-state index contributed by atoms with van der Waals surface area (Å²) in [6, 6.07) is 16.9. The van der Waals surface area contributed by atoms with Gasteiger partial charge in [0, 0.05) is 35.5 Å². The molecule has 0 spiro atoms. The molecule has 4 rings (SSSR count). The van der Waals surface area contributed by atoms with Gasteiger partial charge >= 0.3 is 0 Å². The molecule has 2 aromatic heterocycles. The summed E-state index contributed by atoms with van der Waals surface area (Å²) >= 11 is 3.40. The van der Waals surface area contributed by atoms with Gasteiger partial charge < -0.3 is 14.8 Å². The highest BCUT2D eigenvalue weighted by Crippen LogP contribution is 2.26. The van der Waals surface area contributed by atoms with Crippen molar-refractivity contribution in [2.24, 2.45) is 0 Å². The van der Waals surface area contributed by atoms with Gasteiger partial charge in [-0.3, -0.25) is 4.79 Å². The molecule has 2 aromatic carbocycles. The van der Waals surface area contributed by atoms with E-state index in [1.165, 1.54) is 0 Å². The average molecular weight is 481 g/mol. The molecule has 158 valence electrons. The maximum Gasteiger partial charge on any atom is 0.251 e. The van der Waals surface area contributed by atoms with Crippen LogP contribution in [0.15, 0.2) is 71.5 Å². The van der Waals surface area contributed by atoms with Gasteiger partial charge in [0.25, 0.3) is 5.91 Å². The van der Waals surface area contributed by atoms with E-state index in [4.69, 9.17) is 9.47 Å². The number of carbonyl (C=O) groups excluding carboxylic acids is 1. The number of nitrogens with one attached hydrogen (secondary N) is 1. The number of rotatable bonds is 8. The van der Waals surface area contributed by atoms with E-state index in [-0.39, 0.29) is 5.91 Å². The summed E-state index contributed by atoms with van der Waals surface area (Å²) in [6.45, 7) is 1.26. The number of halogens is 1. The fourth-order valence-electron chi connectivity index (χ4n) is 3.12. The maximum atomic E-state index is 12.5. The summed E-state index contributed by atoms with van der Waals surface area (Å²) in [5, 5.41) is 7.24. The lowest BCUT2D eigenvalue weighted by Gasteiger charge is -2.11. The van der Waals surface area contributed by atoms with Gasteiger partial charge in [-0.05, 0) is 54.1 Å². The minimum Gasteiger partial charge on any atom is -0.491 e. The number of hydrogen-bond donors (Lipinski definition) is 1. The molecule has 1 amide bonds. The molecule has 0 aliphatic carbocycles. The zero-order valence-corrected chi connectivity index (χ0v) is 18.5. The van der Waals surface area contributed by atoms with Crippen LogP contribution in [-0.4, -0.2) is 40.8 Å². The van der Waals surface area contributed by atoms with Crippen LogP contribution in [0.5, 0.6) is 5.75 Å². The molecule has 8 heteroatoms. The average Bonchev–Trinajstić information content (AvgIpc) is 3.22. The molecule has 2 heterocycles. The number of carbonyl (C=O) groups is 1. The Hall–Kier alpha value is -3.23. The Balaban J connectivity index is 1.59. The zero-order chi connectivity index (χ0) is 21.6. The van der Waals surface area contributed by atoms with Crippen molar-refractivity contribution in [1.82, 2.24) is 19.9 Å². The van der Waals surface area contributed by atoms with E-state index in [1.807, 2.05) is 48.7 Å². The number of nitrogens with zero attached hydrogens (tertiary/aromatic N) is 3. The van der Waals surface area contributed by atoms with Gasteiger partial charge in [0.2, 0.25) is 0 Å². The van der Waals surface area contributed by atoms with Crippen molar-refractivity contribution in [2.45, 2.75) is 6.54 Å². The number of imidazole rings is 1. The van der Waals surface area contributed by atoms with Crippen molar-refractivity contribution >= 4 is 27.5 Å². The first-order valence-electron chi connectivity index (χ1n) is 9.72. The second kappa shape index (κ2) is 9.72. The molecule has 7 nitrogen and oxygen atoms in total. The number of fused-ring (bicyclic) bond motifs is 1. The third kappa shape index (κ3) is 5.28. The first-order chi connectivity index (χ1) is 15.1. The summed E-state index contributed by atoms with van der Waals surface area (Å²) in [7, 11) is 1.63. The Morgan fingerprint density at radius 2 is 2.03 bits per heavy atom. The molecule has 0 unspecified atom stereocenters. The SMILES string of the molecule is COCCOc1cc(CNC(=O)c2cccc(Br)c2)cc(-c2cn3ncccc3n2)c1. The lowest BCUT2D eigenvalue weighted by molar-refractivity contribution is 0.0950. The van der Waals surface area contributed by atoms with Crippen molar-refractivity contribution in [2.75, 3.05) is 20.3 Å². The Morgan fingerprint density at radius 3 is 2.84 bits per heavy atom. The Bertz CT molecular complexity index is 1180. The predicted octanol–water partition coefficient (Wildman–Crippen LogP) is 4.11. The first-order valence-corrected chi connectivity index (χ1v) is 10.5. The molecule has 0 saturated heterocycles. The van der Waals surface area contributed by atoms with E-state index in [1.54, 1.807) is 30.0 Å². The molecular formula is C23H21BrN4O3.